The van der Waals surface area contributed by atoms with E-state index < -0.39 is 16.1 Å². The minimum atomic E-state index is -1.74. The number of rotatable bonds is 6. The molecule has 0 aliphatic carbocycles. The van der Waals surface area contributed by atoms with Crippen LogP contribution in [0.25, 0.3) is 29.6 Å². The maximum atomic E-state index is 3.91. The second-order valence-corrected chi connectivity index (χ2v) is 26.8. The molecule has 2 aromatic carbocycles. The van der Waals surface area contributed by atoms with Crippen LogP contribution >= 0.6 is 22.7 Å². The van der Waals surface area contributed by atoms with E-state index >= 15 is 0 Å². The summed E-state index contributed by atoms with van der Waals surface area (Å²) >= 11 is 3.85. The molecule has 4 rings (SSSR count). The molecule has 0 nitrogen and oxygen atoms in total. The Bertz CT molecular complexity index is 1470. The van der Waals surface area contributed by atoms with Gasteiger partial charge in [0.1, 0.15) is 16.1 Å². The number of thiophene rings is 2. The summed E-state index contributed by atoms with van der Waals surface area (Å²) in [5, 5.41) is 2.73. The first-order valence-corrected chi connectivity index (χ1v) is 21.3. The molecule has 212 valence electrons. The summed E-state index contributed by atoms with van der Waals surface area (Å²) in [6.07, 6.45) is 0. The Kier molecular flexibility index (Phi) is 9.19. The van der Waals surface area contributed by atoms with Crippen LogP contribution in [0.1, 0.15) is 94.2 Å². The van der Waals surface area contributed by atoms with E-state index in [2.05, 4.69) is 142 Å². The lowest BCUT2D eigenvalue weighted by Gasteiger charge is -2.38. The minimum Gasteiger partial charge on any atom is -0.134 e. The van der Waals surface area contributed by atoms with Gasteiger partial charge >= 0.3 is 0 Å². The van der Waals surface area contributed by atoms with Crippen LogP contribution in [0.3, 0.4) is 0 Å². The Morgan fingerprint density at radius 3 is 1.05 bits per heavy atom. The van der Waals surface area contributed by atoms with Crippen LogP contribution in [-0.2, 0) is 0 Å². The predicted molar refractivity (Wildman–Crippen MR) is 191 cm³/mol. The SMILES string of the molecule is CC(C)[Si](C#Cc1ccc2c(c1)sc1c3ccc(C#C[Si](C(C)C)(C(C)C)C(C)C)cc3sc21)(C(C)C)C(C)C. The van der Waals surface area contributed by atoms with Gasteiger partial charge in [0.15, 0.2) is 0 Å². The first kappa shape index (κ1) is 31.1. The first-order chi connectivity index (χ1) is 18.7. The summed E-state index contributed by atoms with van der Waals surface area (Å²) < 4.78 is 5.52. The average molecular weight is 601 g/mol. The Morgan fingerprint density at radius 1 is 0.475 bits per heavy atom. The van der Waals surface area contributed by atoms with Crippen LogP contribution in [0.15, 0.2) is 36.4 Å². The minimum absolute atomic E-state index is 0.650. The van der Waals surface area contributed by atoms with Crippen molar-refractivity contribution in [2.24, 2.45) is 0 Å². The fourth-order valence-electron chi connectivity index (χ4n) is 7.64. The van der Waals surface area contributed by atoms with Gasteiger partial charge in [0.25, 0.3) is 0 Å². The van der Waals surface area contributed by atoms with E-state index in [0.717, 1.165) is 11.1 Å². The van der Waals surface area contributed by atoms with Gasteiger partial charge in [-0.25, -0.2) is 0 Å². The van der Waals surface area contributed by atoms with Crippen molar-refractivity contribution in [1.82, 2.24) is 0 Å². The van der Waals surface area contributed by atoms with Gasteiger partial charge in [-0.1, -0.05) is 107 Å². The topological polar surface area (TPSA) is 0 Å². The maximum absolute atomic E-state index is 3.91. The van der Waals surface area contributed by atoms with Crippen molar-refractivity contribution in [1.29, 1.82) is 0 Å². The van der Waals surface area contributed by atoms with Gasteiger partial charge in [-0.15, -0.1) is 33.8 Å². The molecule has 0 aliphatic heterocycles. The second kappa shape index (κ2) is 11.8. The standard InChI is InChI=1S/C36H48S2Si2/c1-23(2)39(24(3)4,25(5)6)19-17-29-13-15-31-33(21-29)37-36-32-16-14-30(22-34(32)38-35(31)36)18-20-40(26(7)8,27(9)10)28(11)12/h13-16,21-28H,1-12H3. The van der Waals surface area contributed by atoms with Crippen LogP contribution in [0.5, 0.6) is 0 Å². The van der Waals surface area contributed by atoms with E-state index in [1.165, 1.54) is 29.6 Å². The number of hydrogen-bond acceptors (Lipinski definition) is 2. The lowest BCUT2D eigenvalue weighted by molar-refractivity contribution is 0.838. The molecule has 0 unspecified atom stereocenters. The summed E-state index contributed by atoms with van der Waals surface area (Å²) in [5.74, 6) is 7.32. The van der Waals surface area contributed by atoms with Crippen molar-refractivity contribution in [3.8, 4) is 22.9 Å². The lowest BCUT2D eigenvalue weighted by atomic mass is 10.1. The third-order valence-corrected chi connectivity index (χ3v) is 24.7. The van der Waals surface area contributed by atoms with Gasteiger partial charge in [-0.05, 0) is 57.5 Å². The van der Waals surface area contributed by atoms with Crippen LogP contribution in [0, 0.1) is 22.9 Å². The molecule has 2 aromatic heterocycles. The Morgan fingerprint density at radius 2 is 0.775 bits per heavy atom. The van der Waals surface area contributed by atoms with Crippen molar-refractivity contribution in [3.05, 3.63) is 47.5 Å². The Balaban J connectivity index is 1.75. The van der Waals surface area contributed by atoms with Crippen molar-refractivity contribution < 1.29 is 0 Å². The quantitative estimate of drug-likeness (QED) is 0.152. The molecule has 40 heavy (non-hydrogen) atoms. The molecule has 0 amide bonds. The summed E-state index contributed by atoms with van der Waals surface area (Å²) in [4.78, 5) is 0. The van der Waals surface area contributed by atoms with E-state index in [1.807, 2.05) is 22.7 Å². The number of benzene rings is 2. The molecule has 0 bridgehead atoms. The monoisotopic (exact) mass is 600 g/mol. The molecule has 0 radical (unpaired) electrons. The molecule has 0 saturated heterocycles. The highest BCUT2D eigenvalue weighted by atomic mass is 32.1. The largest absolute Gasteiger partial charge is 0.146 e. The zero-order valence-corrected chi connectivity index (χ0v) is 30.4. The van der Waals surface area contributed by atoms with E-state index in [1.54, 1.807) is 0 Å². The van der Waals surface area contributed by atoms with Crippen LogP contribution in [0.2, 0.25) is 33.2 Å². The summed E-state index contributed by atoms with van der Waals surface area (Å²) in [5.41, 5.74) is 14.0. The predicted octanol–water partition coefficient (Wildman–Crippen LogP) is 12.4. The molecule has 0 aliphatic rings. The number of hydrogen-bond donors (Lipinski definition) is 0. The van der Waals surface area contributed by atoms with Crippen molar-refractivity contribution in [2.75, 3.05) is 0 Å². The van der Waals surface area contributed by atoms with Gasteiger partial charge in [-0.3, -0.25) is 0 Å². The third-order valence-electron chi connectivity index (χ3n) is 9.66. The fraction of sp³-hybridized carbons (Fsp3) is 0.500. The summed E-state index contributed by atoms with van der Waals surface area (Å²) in [6.45, 7) is 28.6. The first-order valence-electron chi connectivity index (χ1n) is 15.2. The van der Waals surface area contributed by atoms with Crippen molar-refractivity contribution >= 4 is 68.4 Å². The van der Waals surface area contributed by atoms with E-state index in [9.17, 15) is 0 Å². The Labute approximate surface area is 254 Å². The van der Waals surface area contributed by atoms with Gasteiger partial charge in [0, 0.05) is 31.3 Å². The zero-order valence-electron chi connectivity index (χ0n) is 26.7. The fourth-order valence-corrected chi connectivity index (χ4v) is 20.8. The molecule has 0 fully saturated rings. The van der Waals surface area contributed by atoms with Crippen molar-refractivity contribution in [3.63, 3.8) is 0 Å². The van der Waals surface area contributed by atoms with Crippen LogP contribution < -0.4 is 0 Å². The maximum Gasteiger partial charge on any atom is 0.146 e. The molecule has 4 heteroatoms. The average Bonchev–Trinajstić information content (AvgIpc) is 3.38. The van der Waals surface area contributed by atoms with Gasteiger partial charge in [0.05, 0.1) is 9.40 Å². The molecule has 0 spiro atoms. The van der Waals surface area contributed by atoms with Gasteiger partial charge < -0.3 is 0 Å². The van der Waals surface area contributed by atoms with E-state index in [0.29, 0.717) is 33.2 Å². The molecule has 4 aromatic rings. The molecular formula is C36H48S2Si2. The highest BCUT2D eigenvalue weighted by molar-refractivity contribution is 7.36. The molecule has 0 saturated carbocycles. The molecule has 0 atom stereocenters. The van der Waals surface area contributed by atoms with E-state index in [-0.39, 0.29) is 0 Å². The van der Waals surface area contributed by atoms with Crippen molar-refractivity contribution in [2.45, 2.75) is 116 Å². The van der Waals surface area contributed by atoms with Crippen LogP contribution in [0.4, 0.5) is 0 Å². The highest BCUT2D eigenvalue weighted by Gasteiger charge is 2.42. The normalized spacial score (nSPS) is 12.9. The zero-order chi connectivity index (χ0) is 29.6. The summed E-state index contributed by atoms with van der Waals surface area (Å²) in [6, 6.07) is 13.8. The lowest BCUT2D eigenvalue weighted by Crippen LogP contribution is -2.43. The molecule has 2 heterocycles. The highest BCUT2D eigenvalue weighted by Crippen LogP contribution is 2.45. The smallest absolute Gasteiger partial charge is 0.134 e. The molecular weight excluding hydrogens is 553 g/mol. The summed E-state index contributed by atoms with van der Waals surface area (Å²) in [7, 11) is -3.48. The van der Waals surface area contributed by atoms with E-state index in [4.69, 9.17) is 0 Å². The second-order valence-electron chi connectivity index (χ2n) is 13.6. The number of fused-ring (bicyclic) bond motifs is 5. The Hall–Kier alpha value is -1.83. The van der Waals surface area contributed by atoms with Gasteiger partial charge in [0.2, 0.25) is 0 Å². The van der Waals surface area contributed by atoms with Crippen LogP contribution in [-0.4, -0.2) is 16.1 Å². The van der Waals surface area contributed by atoms with Gasteiger partial charge in [-0.2, -0.15) is 0 Å². The molecule has 0 N–H and O–H groups in total. The third kappa shape index (κ3) is 5.27.